The van der Waals surface area contributed by atoms with Crippen LogP contribution in [0, 0.1) is 6.92 Å². The third-order valence-electron chi connectivity index (χ3n) is 5.86. The van der Waals surface area contributed by atoms with Crippen molar-refractivity contribution in [3.8, 4) is 11.3 Å². The molecule has 0 aliphatic carbocycles. The highest BCUT2D eigenvalue weighted by atomic mass is 14.9. The first kappa shape index (κ1) is 14.7. The van der Waals surface area contributed by atoms with Gasteiger partial charge in [0.25, 0.3) is 0 Å². The number of benzene rings is 3. The van der Waals surface area contributed by atoms with Gasteiger partial charge in [-0.25, -0.2) is 0 Å². The summed E-state index contributed by atoms with van der Waals surface area (Å²) in [5.41, 5.74) is 7.55. The fourth-order valence-corrected chi connectivity index (χ4v) is 4.63. The van der Waals surface area contributed by atoms with Crippen molar-refractivity contribution in [1.82, 2.24) is 9.38 Å². The Labute approximate surface area is 156 Å². The minimum Gasteiger partial charge on any atom is -0.308 e. The van der Waals surface area contributed by atoms with E-state index in [1.165, 1.54) is 49.2 Å². The molecule has 3 nitrogen and oxygen atoms in total. The molecule has 0 saturated carbocycles. The normalized spacial score (nSPS) is 12.1. The third kappa shape index (κ3) is 1.76. The van der Waals surface area contributed by atoms with Gasteiger partial charge in [0.15, 0.2) is 6.20 Å². The van der Waals surface area contributed by atoms with Gasteiger partial charge in [-0.3, -0.25) is 4.98 Å². The van der Waals surface area contributed by atoms with Crippen LogP contribution in [0.15, 0.2) is 73.2 Å². The first-order chi connectivity index (χ1) is 13.3. The van der Waals surface area contributed by atoms with Crippen LogP contribution in [0.4, 0.5) is 0 Å². The van der Waals surface area contributed by atoms with E-state index < -0.39 is 0 Å². The maximum Gasteiger partial charge on any atom is 0.231 e. The Morgan fingerprint density at radius 1 is 0.889 bits per heavy atom. The molecule has 0 radical (unpaired) electrons. The molecule has 3 aromatic carbocycles. The lowest BCUT2D eigenvalue weighted by Gasteiger charge is -2.07. The number of fused-ring (bicyclic) bond motifs is 6. The van der Waals surface area contributed by atoms with E-state index in [1.54, 1.807) is 0 Å². The van der Waals surface area contributed by atoms with Crippen molar-refractivity contribution in [2.24, 2.45) is 7.05 Å². The molecule has 6 aromatic rings. The smallest absolute Gasteiger partial charge is 0.231 e. The van der Waals surface area contributed by atoms with Gasteiger partial charge in [-0.1, -0.05) is 36.4 Å². The largest absolute Gasteiger partial charge is 0.308 e. The maximum absolute atomic E-state index is 4.38. The second-order valence-corrected chi connectivity index (χ2v) is 7.26. The molecule has 0 N–H and O–H groups in total. The van der Waals surface area contributed by atoms with Gasteiger partial charge in [0.05, 0.1) is 34.5 Å². The predicted molar refractivity (Wildman–Crippen MR) is 110 cm³/mol. The molecular formula is C24H18N3+. The fourth-order valence-electron chi connectivity index (χ4n) is 4.63. The summed E-state index contributed by atoms with van der Waals surface area (Å²) in [7, 11) is 2.08. The van der Waals surface area contributed by atoms with Crippen LogP contribution in [0.25, 0.3) is 49.4 Å². The molecule has 0 aliphatic heterocycles. The second-order valence-electron chi connectivity index (χ2n) is 7.26. The van der Waals surface area contributed by atoms with Gasteiger partial charge >= 0.3 is 0 Å². The summed E-state index contributed by atoms with van der Waals surface area (Å²) >= 11 is 0. The van der Waals surface area contributed by atoms with Crippen molar-refractivity contribution in [3.63, 3.8) is 0 Å². The highest BCUT2D eigenvalue weighted by Gasteiger charge is 2.23. The average Bonchev–Trinajstić information content (AvgIpc) is 3.21. The number of para-hydroxylation sites is 2. The summed E-state index contributed by atoms with van der Waals surface area (Å²) in [6.07, 6.45) is 5.80. The van der Waals surface area contributed by atoms with Gasteiger partial charge in [-0.15, -0.1) is 0 Å². The van der Waals surface area contributed by atoms with Crippen LogP contribution in [0.5, 0.6) is 0 Å². The SMILES string of the molecule is Cc1c(-c2cncc[n+]2C)cc2c3ccccc3n3c4ccccc4c1c23. The summed E-state index contributed by atoms with van der Waals surface area (Å²) < 4.78 is 4.57. The van der Waals surface area contributed by atoms with Crippen LogP contribution < -0.4 is 4.57 Å². The van der Waals surface area contributed by atoms with E-state index in [0.717, 1.165) is 5.69 Å². The Morgan fingerprint density at radius 2 is 1.59 bits per heavy atom. The van der Waals surface area contributed by atoms with E-state index in [9.17, 15) is 0 Å². The van der Waals surface area contributed by atoms with Crippen molar-refractivity contribution in [2.45, 2.75) is 6.92 Å². The van der Waals surface area contributed by atoms with Crippen molar-refractivity contribution < 1.29 is 4.57 Å². The number of aromatic nitrogens is 3. The van der Waals surface area contributed by atoms with Gasteiger partial charge in [0, 0.05) is 21.5 Å². The molecule has 6 rings (SSSR count). The fraction of sp³-hybridized carbons (Fsp3) is 0.0833. The zero-order valence-electron chi connectivity index (χ0n) is 15.3. The van der Waals surface area contributed by atoms with Gasteiger partial charge in [0.2, 0.25) is 5.69 Å². The molecule has 0 saturated heterocycles. The lowest BCUT2D eigenvalue weighted by molar-refractivity contribution is -0.660. The zero-order valence-corrected chi connectivity index (χ0v) is 15.3. The lowest BCUT2D eigenvalue weighted by atomic mass is 9.96. The molecule has 128 valence electrons. The van der Waals surface area contributed by atoms with Crippen LogP contribution in [0.1, 0.15) is 5.56 Å². The molecule has 3 aromatic heterocycles. The van der Waals surface area contributed by atoms with Crippen LogP contribution in [-0.4, -0.2) is 9.38 Å². The average molecular weight is 348 g/mol. The van der Waals surface area contributed by atoms with Crippen LogP contribution >= 0.6 is 0 Å². The number of rotatable bonds is 1. The molecule has 3 heteroatoms. The van der Waals surface area contributed by atoms with E-state index in [4.69, 9.17) is 0 Å². The second kappa shape index (κ2) is 5.04. The van der Waals surface area contributed by atoms with Crippen LogP contribution in [0.2, 0.25) is 0 Å². The number of nitrogens with zero attached hydrogens (tertiary/aromatic N) is 3. The highest BCUT2D eigenvalue weighted by Crippen LogP contribution is 2.43. The monoisotopic (exact) mass is 348 g/mol. The van der Waals surface area contributed by atoms with E-state index in [2.05, 4.69) is 82.5 Å². The zero-order chi connectivity index (χ0) is 18.1. The standard InChI is InChI=1S/C24H18N3/c1-15-18(22-14-25-11-12-26(22)2)13-19-16-7-3-5-9-20(16)27-21-10-6-4-8-17(21)23(15)24(19)27/h3-14H,1-2H3/q+1. The first-order valence-corrected chi connectivity index (χ1v) is 9.22. The minimum atomic E-state index is 1.13. The molecule has 3 heterocycles. The number of hydrogen-bond acceptors (Lipinski definition) is 1. The van der Waals surface area contributed by atoms with E-state index in [1.807, 2.05) is 18.6 Å². The summed E-state index contributed by atoms with van der Waals surface area (Å²) in [4.78, 5) is 4.38. The maximum atomic E-state index is 4.38. The molecule has 0 amide bonds. The Morgan fingerprint density at radius 3 is 2.37 bits per heavy atom. The van der Waals surface area contributed by atoms with Crippen LogP contribution in [0.3, 0.4) is 0 Å². The van der Waals surface area contributed by atoms with Gasteiger partial charge in [-0.05, 0) is 30.7 Å². The summed E-state index contributed by atoms with van der Waals surface area (Å²) in [6.45, 7) is 2.24. The summed E-state index contributed by atoms with van der Waals surface area (Å²) in [6, 6.07) is 19.8. The molecule has 0 fully saturated rings. The molecule has 27 heavy (non-hydrogen) atoms. The Bertz CT molecular complexity index is 1490. The van der Waals surface area contributed by atoms with Crippen molar-refractivity contribution in [3.05, 3.63) is 78.8 Å². The minimum absolute atomic E-state index is 1.13. The molecule has 0 bridgehead atoms. The number of aryl methyl sites for hydroxylation is 2. The van der Waals surface area contributed by atoms with Gasteiger partial charge in [-0.2, -0.15) is 4.57 Å². The van der Waals surface area contributed by atoms with Gasteiger partial charge < -0.3 is 4.40 Å². The topological polar surface area (TPSA) is 21.2 Å². The Balaban J connectivity index is 1.95. The Hall–Kier alpha value is -3.46. The Kier molecular flexibility index (Phi) is 2.74. The molecule has 0 atom stereocenters. The molecular weight excluding hydrogens is 330 g/mol. The first-order valence-electron chi connectivity index (χ1n) is 9.22. The molecule has 0 aliphatic rings. The number of hydrogen-bond donors (Lipinski definition) is 0. The van der Waals surface area contributed by atoms with Crippen molar-refractivity contribution in [1.29, 1.82) is 0 Å². The molecule has 0 spiro atoms. The highest BCUT2D eigenvalue weighted by molar-refractivity contribution is 6.25. The lowest BCUT2D eigenvalue weighted by Crippen LogP contribution is -2.30. The van der Waals surface area contributed by atoms with Gasteiger partial charge in [0.1, 0.15) is 7.05 Å². The van der Waals surface area contributed by atoms with E-state index in [0.29, 0.717) is 0 Å². The quantitative estimate of drug-likeness (QED) is 0.382. The third-order valence-corrected chi connectivity index (χ3v) is 5.86. The van der Waals surface area contributed by atoms with Crippen molar-refractivity contribution >= 4 is 38.1 Å². The van der Waals surface area contributed by atoms with E-state index >= 15 is 0 Å². The molecule has 0 unspecified atom stereocenters. The van der Waals surface area contributed by atoms with Crippen LogP contribution in [-0.2, 0) is 7.05 Å². The predicted octanol–water partition coefficient (Wildman–Crippen LogP) is 5.03. The van der Waals surface area contributed by atoms with Crippen molar-refractivity contribution in [2.75, 3.05) is 0 Å². The van der Waals surface area contributed by atoms with E-state index in [-0.39, 0.29) is 0 Å². The summed E-state index contributed by atoms with van der Waals surface area (Å²) in [5.74, 6) is 0. The summed E-state index contributed by atoms with van der Waals surface area (Å²) in [5, 5.41) is 5.27.